The fourth-order valence-corrected chi connectivity index (χ4v) is 5.94. The van der Waals surface area contributed by atoms with E-state index >= 15 is 0 Å². The van der Waals surface area contributed by atoms with Crippen molar-refractivity contribution >= 4 is 21.7 Å². The van der Waals surface area contributed by atoms with Gasteiger partial charge in [-0.25, -0.2) is 13.2 Å². The first kappa shape index (κ1) is 21.2. The molecule has 1 aliphatic rings. The Bertz CT molecular complexity index is 851. The predicted molar refractivity (Wildman–Crippen MR) is 103 cm³/mol. The van der Waals surface area contributed by atoms with Gasteiger partial charge in [0, 0.05) is 0 Å². The average Bonchev–Trinajstić information content (AvgIpc) is 3.12. The van der Waals surface area contributed by atoms with Crippen molar-refractivity contribution in [3.8, 4) is 0 Å². The first-order valence-electron chi connectivity index (χ1n) is 9.12. The molecule has 1 amide bonds. The van der Waals surface area contributed by atoms with Gasteiger partial charge in [0.1, 0.15) is 6.04 Å². The molecule has 1 aliphatic carbocycles. The van der Waals surface area contributed by atoms with E-state index in [4.69, 9.17) is 0 Å². The zero-order valence-corrected chi connectivity index (χ0v) is 16.8. The smallest absolute Gasteiger partial charge is 0.326 e. The van der Waals surface area contributed by atoms with Crippen LogP contribution in [0.2, 0.25) is 0 Å². The molecule has 1 fully saturated rings. The maximum Gasteiger partial charge on any atom is 0.326 e. The lowest BCUT2D eigenvalue weighted by Gasteiger charge is -2.29. The average molecular weight is 394 g/mol. The molecule has 148 valence electrons. The number of aliphatic carboxylic acids is 1. The molecule has 2 N–H and O–H groups in total. The molecule has 0 saturated heterocycles. The molecule has 1 unspecified atom stereocenters. The van der Waals surface area contributed by atoms with Gasteiger partial charge < -0.3 is 10.4 Å². The van der Waals surface area contributed by atoms with E-state index in [1.165, 1.54) is 0 Å². The van der Waals surface area contributed by atoms with Crippen LogP contribution in [0.1, 0.15) is 50.2 Å². The lowest BCUT2D eigenvalue weighted by atomic mass is 10.0. The van der Waals surface area contributed by atoms with E-state index in [9.17, 15) is 23.1 Å². The van der Waals surface area contributed by atoms with E-state index in [2.05, 4.69) is 5.32 Å². The Balaban J connectivity index is 2.46. The lowest BCUT2D eigenvalue weighted by Crippen LogP contribution is -2.54. The van der Waals surface area contributed by atoms with Crippen LogP contribution in [-0.4, -0.2) is 36.2 Å². The zero-order valence-electron chi connectivity index (χ0n) is 16.0. The molecule has 0 aliphatic heterocycles. The number of carboxylic acids is 1. The molecular formula is C20H27NO5S. The third kappa shape index (κ3) is 4.08. The van der Waals surface area contributed by atoms with Gasteiger partial charge in [-0.3, -0.25) is 4.79 Å². The number of allylic oxidation sites excluding steroid dienone is 1. The van der Waals surface area contributed by atoms with Gasteiger partial charge in [0.15, 0.2) is 14.6 Å². The number of carbonyl (C=O) groups excluding carboxylic acids is 1. The molecule has 1 aromatic carbocycles. The predicted octanol–water partition coefficient (Wildman–Crippen LogP) is 2.93. The van der Waals surface area contributed by atoms with Crippen LogP contribution in [0.15, 0.2) is 35.2 Å². The normalized spacial score (nSPS) is 17.7. The van der Waals surface area contributed by atoms with Crippen LogP contribution in [0.25, 0.3) is 0 Å². The van der Waals surface area contributed by atoms with Crippen molar-refractivity contribution in [3.05, 3.63) is 41.5 Å². The van der Waals surface area contributed by atoms with Gasteiger partial charge >= 0.3 is 5.97 Å². The van der Waals surface area contributed by atoms with Crippen LogP contribution in [0.4, 0.5) is 0 Å². The molecule has 0 heterocycles. The van der Waals surface area contributed by atoms with Crippen LogP contribution < -0.4 is 5.32 Å². The highest BCUT2D eigenvalue weighted by Crippen LogP contribution is 2.42. The van der Waals surface area contributed by atoms with Crippen LogP contribution >= 0.6 is 0 Å². The number of hydrogen-bond donors (Lipinski definition) is 2. The minimum absolute atomic E-state index is 0.108. The summed E-state index contributed by atoms with van der Waals surface area (Å²) in [6.45, 7) is 5.26. The molecule has 0 radical (unpaired) electrons. The molecule has 6 nitrogen and oxygen atoms in total. The summed E-state index contributed by atoms with van der Waals surface area (Å²) in [6, 6.07) is 3.99. The van der Waals surface area contributed by atoms with Crippen LogP contribution in [0, 0.1) is 13.8 Å². The fraction of sp³-hybridized carbons (Fsp3) is 0.500. The number of sulfone groups is 1. The van der Waals surface area contributed by atoms with Gasteiger partial charge in [0.2, 0.25) is 5.91 Å². The third-order valence-corrected chi connectivity index (χ3v) is 7.82. The van der Waals surface area contributed by atoms with E-state index in [1.807, 2.05) is 6.07 Å². The number of rotatable bonds is 7. The number of amides is 1. The molecule has 0 aromatic heterocycles. The topological polar surface area (TPSA) is 101 Å². The Morgan fingerprint density at radius 1 is 1.26 bits per heavy atom. The Hall–Kier alpha value is -2.15. The van der Waals surface area contributed by atoms with Crippen molar-refractivity contribution in [2.24, 2.45) is 0 Å². The molecule has 27 heavy (non-hydrogen) atoms. The minimum Gasteiger partial charge on any atom is -0.480 e. The van der Waals surface area contributed by atoms with Crippen molar-refractivity contribution in [3.63, 3.8) is 0 Å². The highest BCUT2D eigenvalue weighted by atomic mass is 32.2. The molecule has 0 spiro atoms. The second-order valence-corrected chi connectivity index (χ2v) is 9.37. The van der Waals surface area contributed by atoms with E-state index in [1.54, 1.807) is 45.1 Å². The van der Waals surface area contributed by atoms with Gasteiger partial charge in [-0.15, -0.1) is 0 Å². The molecule has 1 atom stereocenters. The lowest BCUT2D eigenvalue weighted by molar-refractivity contribution is -0.142. The second kappa shape index (κ2) is 8.25. The van der Waals surface area contributed by atoms with Crippen molar-refractivity contribution < 1.29 is 23.1 Å². The maximum atomic E-state index is 13.5. The summed E-state index contributed by atoms with van der Waals surface area (Å²) in [7, 11) is -3.97. The van der Waals surface area contributed by atoms with E-state index in [-0.39, 0.29) is 24.2 Å². The maximum absolute atomic E-state index is 13.5. The van der Waals surface area contributed by atoms with Crippen molar-refractivity contribution in [2.75, 3.05) is 0 Å². The second-order valence-electron chi connectivity index (χ2n) is 7.14. The largest absolute Gasteiger partial charge is 0.480 e. The van der Waals surface area contributed by atoms with Crippen LogP contribution in [0.3, 0.4) is 0 Å². The SMILES string of the molecule is C/C=C/CC(NC(=O)C1(S(=O)(=O)c2cc(C)ccc2C)CCCC1)C(=O)O. The summed E-state index contributed by atoms with van der Waals surface area (Å²) in [5.74, 6) is -1.89. The quantitative estimate of drug-likeness (QED) is 0.694. The summed E-state index contributed by atoms with van der Waals surface area (Å²) in [5, 5.41) is 11.9. The number of hydrogen-bond acceptors (Lipinski definition) is 4. The molecule has 1 aromatic rings. The van der Waals surface area contributed by atoms with Crippen molar-refractivity contribution in [2.45, 2.75) is 68.6 Å². The summed E-state index contributed by atoms with van der Waals surface area (Å²) in [4.78, 5) is 24.7. The summed E-state index contributed by atoms with van der Waals surface area (Å²) in [5.41, 5.74) is 1.38. The summed E-state index contributed by atoms with van der Waals surface area (Å²) < 4.78 is 25.4. The van der Waals surface area contributed by atoms with E-state index in [0.717, 1.165) is 5.56 Å². The monoisotopic (exact) mass is 393 g/mol. The van der Waals surface area contributed by atoms with Gasteiger partial charge in [0.25, 0.3) is 0 Å². The Morgan fingerprint density at radius 3 is 2.44 bits per heavy atom. The molecule has 7 heteroatoms. The first-order chi connectivity index (χ1) is 12.7. The Morgan fingerprint density at radius 2 is 1.89 bits per heavy atom. The number of nitrogens with one attached hydrogen (secondary N) is 1. The number of benzene rings is 1. The van der Waals surface area contributed by atoms with Crippen molar-refractivity contribution in [1.29, 1.82) is 0 Å². The van der Waals surface area contributed by atoms with Crippen molar-refractivity contribution in [1.82, 2.24) is 5.32 Å². The van der Waals surface area contributed by atoms with Crippen LogP contribution in [0.5, 0.6) is 0 Å². The first-order valence-corrected chi connectivity index (χ1v) is 10.6. The summed E-state index contributed by atoms with van der Waals surface area (Å²) in [6.07, 6.45) is 5.07. The highest BCUT2D eigenvalue weighted by Gasteiger charge is 2.53. The minimum atomic E-state index is -3.97. The molecule has 0 bridgehead atoms. The summed E-state index contributed by atoms with van der Waals surface area (Å²) >= 11 is 0. The van der Waals surface area contributed by atoms with E-state index < -0.39 is 32.5 Å². The number of carboxylic acid groups (broad SMARTS) is 1. The van der Waals surface area contributed by atoms with Gasteiger partial charge in [0.05, 0.1) is 4.90 Å². The molecular weight excluding hydrogens is 366 g/mol. The number of aryl methyl sites for hydroxylation is 2. The van der Waals surface area contributed by atoms with E-state index in [0.29, 0.717) is 18.4 Å². The standard InChI is InChI=1S/C20H27NO5S/c1-4-5-8-16(18(22)23)21-19(24)20(11-6-7-12-20)27(25,26)17-13-14(2)9-10-15(17)3/h4-5,9-10,13,16H,6-8,11-12H2,1-3H3,(H,21,24)(H,22,23)/b5-4+. The third-order valence-electron chi connectivity index (χ3n) is 5.18. The molecule has 1 saturated carbocycles. The highest BCUT2D eigenvalue weighted by molar-refractivity contribution is 7.93. The van der Waals surface area contributed by atoms with Gasteiger partial charge in [-0.2, -0.15) is 0 Å². The zero-order chi connectivity index (χ0) is 20.2. The van der Waals surface area contributed by atoms with Gasteiger partial charge in [-0.05, 0) is 57.2 Å². The number of carbonyl (C=O) groups is 2. The molecule has 2 rings (SSSR count). The Labute approximate surface area is 160 Å². The van der Waals surface area contributed by atoms with Gasteiger partial charge in [-0.1, -0.05) is 37.1 Å². The van der Waals surface area contributed by atoms with Crippen LogP contribution in [-0.2, 0) is 19.4 Å². The Kier molecular flexibility index (Phi) is 6.46. The fourth-order valence-electron chi connectivity index (χ4n) is 3.55.